The van der Waals surface area contributed by atoms with Crippen LogP contribution in [0.1, 0.15) is 44.0 Å². The molecule has 2 rings (SSSR count). The zero-order chi connectivity index (χ0) is 20.7. The smallest absolute Gasteiger partial charge is 0.251 e. The SMILES string of the molecule is CNC(=O)c1ccc(NC(=O)CN2CCC(C(=O)NC(C)C(C)C)CC2)cc1. The predicted molar refractivity (Wildman–Crippen MR) is 110 cm³/mol. The fourth-order valence-electron chi connectivity index (χ4n) is 3.12. The number of nitrogens with one attached hydrogen (secondary N) is 3. The highest BCUT2D eigenvalue weighted by molar-refractivity contribution is 5.96. The summed E-state index contributed by atoms with van der Waals surface area (Å²) in [6.07, 6.45) is 1.54. The monoisotopic (exact) mass is 388 g/mol. The molecular weight excluding hydrogens is 356 g/mol. The zero-order valence-corrected chi connectivity index (χ0v) is 17.2. The fraction of sp³-hybridized carbons (Fsp3) is 0.571. The molecule has 3 amide bonds. The predicted octanol–water partition coefficient (Wildman–Crippen LogP) is 1.86. The second-order valence-electron chi connectivity index (χ2n) is 7.80. The molecule has 1 unspecified atom stereocenters. The van der Waals surface area contributed by atoms with E-state index in [1.165, 1.54) is 0 Å². The summed E-state index contributed by atoms with van der Waals surface area (Å²) in [6.45, 7) is 7.99. The number of carbonyl (C=O) groups is 3. The fourth-order valence-corrected chi connectivity index (χ4v) is 3.12. The van der Waals surface area contributed by atoms with Gasteiger partial charge in [0, 0.05) is 30.3 Å². The van der Waals surface area contributed by atoms with Crippen LogP contribution >= 0.6 is 0 Å². The molecule has 7 heteroatoms. The van der Waals surface area contributed by atoms with Crippen molar-refractivity contribution >= 4 is 23.4 Å². The molecule has 1 aliphatic heterocycles. The summed E-state index contributed by atoms with van der Waals surface area (Å²) in [4.78, 5) is 38.2. The van der Waals surface area contributed by atoms with Crippen molar-refractivity contribution in [2.75, 3.05) is 32.0 Å². The van der Waals surface area contributed by atoms with Crippen molar-refractivity contribution in [1.82, 2.24) is 15.5 Å². The normalized spacial score (nSPS) is 16.5. The third-order valence-corrected chi connectivity index (χ3v) is 5.35. The Bertz CT molecular complexity index is 679. The van der Waals surface area contributed by atoms with E-state index in [0.29, 0.717) is 23.7 Å². The van der Waals surface area contributed by atoms with Crippen LogP contribution in [0.25, 0.3) is 0 Å². The summed E-state index contributed by atoms with van der Waals surface area (Å²) in [5, 5.41) is 8.50. The Morgan fingerprint density at radius 3 is 2.21 bits per heavy atom. The molecule has 1 atom stereocenters. The lowest BCUT2D eigenvalue weighted by atomic mass is 9.95. The number of hydrogen-bond acceptors (Lipinski definition) is 4. The topological polar surface area (TPSA) is 90.5 Å². The van der Waals surface area contributed by atoms with E-state index in [0.717, 1.165) is 25.9 Å². The molecule has 0 aromatic heterocycles. The first-order chi connectivity index (χ1) is 13.3. The highest BCUT2D eigenvalue weighted by atomic mass is 16.2. The summed E-state index contributed by atoms with van der Waals surface area (Å²) in [7, 11) is 1.58. The maximum Gasteiger partial charge on any atom is 0.251 e. The third kappa shape index (κ3) is 6.34. The number of piperidine rings is 1. The molecule has 3 N–H and O–H groups in total. The van der Waals surface area contributed by atoms with Gasteiger partial charge in [0.05, 0.1) is 6.54 Å². The number of anilines is 1. The van der Waals surface area contributed by atoms with E-state index in [9.17, 15) is 14.4 Å². The van der Waals surface area contributed by atoms with E-state index in [2.05, 4.69) is 34.7 Å². The number of amides is 3. The first-order valence-electron chi connectivity index (χ1n) is 9.95. The lowest BCUT2D eigenvalue weighted by molar-refractivity contribution is -0.127. The van der Waals surface area contributed by atoms with Crippen molar-refractivity contribution in [1.29, 1.82) is 0 Å². The summed E-state index contributed by atoms with van der Waals surface area (Å²) in [6, 6.07) is 6.96. The highest BCUT2D eigenvalue weighted by Gasteiger charge is 2.27. The number of benzene rings is 1. The Labute approximate surface area is 167 Å². The van der Waals surface area contributed by atoms with Crippen LogP contribution in [0.5, 0.6) is 0 Å². The minimum atomic E-state index is -0.160. The van der Waals surface area contributed by atoms with Crippen LogP contribution in [0.3, 0.4) is 0 Å². The van der Waals surface area contributed by atoms with Crippen molar-refractivity contribution in [3.05, 3.63) is 29.8 Å². The highest BCUT2D eigenvalue weighted by Crippen LogP contribution is 2.18. The van der Waals surface area contributed by atoms with Gasteiger partial charge in [0.25, 0.3) is 5.91 Å². The minimum Gasteiger partial charge on any atom is -0.355 e. The second-order valence-corrected chi connectivity index (χ2v) is 7.80. The Kier molecular flexibility index (Phi) is 7.99. The maximum atomic E-state index is 12.3. The van der Waals surface area contributed by atoms with Crippen LogP contribution in [0.15, 0.2) is 24.3 Å². The summed E-state index contributed by atoms with van der Waals surface area (Å²) >= 11 is 0. The number of hydrogen-bond donors (Lipinski definition) is 3. The van der Waals surface area contributed by atoms with Gasteiger partial charge >= 0.3 is 0 Å². The molecule has 1 aromatic rings. The molecular formula is C21H32N4O3. The number of rotatable bonds is 7. The van der Waals surface area contributed by atoms with E-state index in [1.807, 2.05) is 6.92 Å². The van der Waals surface area contributed by atoms with Crippen molar-refractivity contribution in [3.63, 3.8) is 0 Å². The first kappa shape index (κ1) is 21.9. The van der Waals surface area contributed by atoms with Crippen LogP contribution in [0, 0.1) is 11.8 Å². The average Bonchev–Trinajstić information content (AvgIpc) is 2.68. The third-order valence-electron chi connectivity index (χ3n) is 5.35. The molecule has 1 aromatic carbocycles. The van der Waals surface area contributed by atoms with Gasteiger partial charge in [-0.3, -0.25) is 19.3 Å². The van der Waals surface area contributed by atoms with Crippen LogP contribution in [0.2, 0.25) is 0 Å². The number of likely N-dealkylation sites (tertiary alicyclic amines) is 1. The molecule has 0 saturated carbocycles. The van der Waals surface area contributed by atoms with Gasteiger partial charge in [0.2, 0.25) is 11.8 Å². The first-order valence-corrected chi connectivity index (χ1v) is 9.95. The molecule has 1 fully saturated rings. The molecule has 1 heterocycles. The van der Waals surface area contributed by atoms with Crippen molar-refractivity contribution in [2.24, 2.45) is 11.8 Å². The van der Waals surface area contributed by atoms with Gasteiger partial charge in [-0.25, -0.2) is 0 Å². The van der Waals surface area contributed by atoms with Crippen molar-refractivity contribution in [3.8, 4) is 0 Å². The molecule has 0 aliphatic carbocycles. The molecule has 0 bridgehead atoms. The van der Waals surface area contributed by atoms with Gasteiger partial charge in [-0.05, 0) is 63.0 Å². The summed E-state index contributed by atoms with van der Waals surface area (Å²) in [5.74, 6) is 0.314. The molecule has 0 radical (unpaired) electrons. The Hall–Kier alpha value is -2.41. The van der Waals surface area contributed by atoms with E-state index >= 15 is 0 Å². The maximum absolute atomic E-state index is 12.3. The Morgan fingerprint density at radius 2 is 1.68 bits per heavy atom. The number of carbonyl (C=O) groups excluding carboxylic acids is 3. The van der Waals surface area contributed by atoms with E-state index in [1.54, 1.807) is 31.3 Å². The van der Waals surface area contributed by atoms with Gasteiger partial charge in [0.1, 0.15) is 0 Å². The molecule has 0 spiro atoms. The van der Waals surface area contributed by atoms with Crippen LogP contribution in [-0.2, 0) is 9.59 Å². The van der Waals surface area contributed by atoms with Crippen LogP contribution < -0.4 is 16.0 Å². The molecule has 1 saturated heterocycles. The lowest BCUT2D eigenvalue weighted by Gasteiger charge is -2.31. The standard InChI is InChI=1S/C21H32N4O3/c1-14(2)15(3)23-21(28)17-9-11-25(12-10-17)13-19(26)24-18-7-5-16(6-8-18)20(27)22-4/h5-8,14-15,17H,9-13H2,1-4H3,(H,22,27)(H,23,28)(H,24,26). The summed E-state index contributed by atoms with van der Waals surface area (Å²) < 4.78 is 0. The Morgan fingerprint density at radius 1 is 1.07 bits per heavy atom. The largest absolute Gasteiger partial charge is 0.355 e. The van der Waals surface area contributed by atoms with Gasteiger partial charge in [-0.15, -0.1) is 0 Å². The van der Waals surface area contributed by atoms with Gasteiger partial charge in [0.15, 0.2) is 0 Å². The molecule has 7 nitrogen and oxygen atoms in total. The summed E-state index contributed by atoms with van der Waals surface area (Å²) in [5.41, 5.74) is 1.21. The van der Waals surface area contributed by atoms with E-state index < -0.39 is 0 Å². The molecule has 1 aliphatic rings. The van der Waals surface area contributed by atoms with E-state index in [4.69, 9.17) is 0 Å². The lowest BCUT2D eigenvalue weighted by Crippen LogP contribution is -2.45. The second kappa shape index (κ2) is 10.2. The van der Waals surface area contributed by atoms with Gasteiger partial charge in [-0.2, -0.15) is 0 Å². The van der Waals surface area contributed by atoms with Crippen LogP contribution in [-0.4, -0.2) is 55.3 Å². The zero-order valence-electron chi connectivity index (χ0n) is 17.2. The van der Waals surface area contributed by atoms with Gasteiger partial charge < -0.3 is 16.0 Å². The quantitative estimate of drug-likeness (QED) is 0.665. The molecule has 154 valence electrons. The van der Waals surface area contributed by atoms with Crippen LogP contribution in [0.4, 0.5) is 5.69 Å². The average molecular weight is 389 g/mol. The van der Waals surface area contributed by atoms with Gasteiger partial charge in [-0.1, -0.05) is 13.8 Å². The number of nitrogens with zero attached hydrogens (tertiary/aromatic N) is 1. The van der Waals surface area contributed by atoms with Crippen molar-refractivity contribution in [2.45, 2.75) is 39.7 Å². The van der Waals surface area contributed by atoms with Crippen molar-refractivity contribution < 1.29 is 14.4 Å². The molecule has 28 heavy (non-hydrogen) atoms. The Balaban J connectivity index is 1.76. The van der Waals surface area contributed by atoms with E-state index in [-0.39, 0.29) is 29.7 Å². The minimum absolute atomic E-state index is 0.0257.